The van der Waals surface area contributed by atoms with Gasteiger partial charge in [0.2, 0.25) is 21.8 Å². The highest BCUT2D eigenvalue weighted by Gasteiger charge is 2.31. The van der Waals surface area contributed by atoms with Crippen molar-refractivity contribution in [1.29, 1.82) is 0 Å². The van der Waals surface area contributed by atoms with Gasteiger partial charge >= 0.3 is 0 Å². The molecule has 0 radical (unpaired) electrons. The standard InChI is InChI=1S/C25H34ClN3O4S/c1-7-19(4)27-25(31)20(5)28(15-21-11-9-8-10-17(21)2)24(30)16-29(34(6,32)33)23-13-12-22(26)14-18(23)3/h8-14,19-20H,7,15-16H2,1-6H3,(H,27,31)/t19-,20+/m0/s1. The van der Waals surface area contributed by atoms with Crippen LogP contribution in [-0.4, -0.2) is 50.0 Å². The lowest BCUT2D eigenvalue weighted by molar-refractivity contribution is -0.139. The summed E-state index contributed by atoms with van der Waals surface area (Å²) in [5.41, 5.74) is 2.85. The predicted molar refractivity (Wildman–Crippen MR) is 137 cm³/mol. The van der Waals surface area contributed by atoms with Crippen LogP contribution in [0.5, 0.6) is 0 Å². The van der Waals surface area contributed by atoms with Crippen molar-refractivity contribution in [3.8, 4) is 0 Å². The van der Waals surface area contributed by atoms with E-state index in [1.165, 1.54) is 4.90 Å². The van der Waals surface area contributed by atoms with Crippen molar-refractivity contribution in [2.24, 2.45) is 0 Å². The molecule has 0 aromatic heterocycles. The van der Waals surface area contributed by atoms with Crippen LogP contribution in [0.2, 0.25) is 5.02 Å². The molecule has 0 saturated carbocycles. The second-order valence-electron chi connectivity index (χ2n) is 8.64. The fourth-order valence-corrected chi connectivity index (χ4v) is 4.65. The number of hydrogen-bond donors (Lipinski definition) is 1. The van der Waals surface area contributed by atoms with Crippen molar-refractivity contribution < 1.29 is 18.0 Å². The fourth-order valence-electron chi connectivity index (χ4n) is 3.51. The maximum absolute atomic E-state index is 13.6. The number of nitrogens with zero attached hydrogens (tertiary/aromatic N) is 2. The molecule has 2 rings (SSSR count). The van der Waals surface area contributed by atoms with Gasteiger partial charge in [0.15, 0.2) is 0 Å². The number of aryl methyl sites for hydroxylation is 2. The van der Waals surface area contributed by atoms with Crippen molar-refractivity contribution in [2.75, 3.05) is 17.1 Å². The Kier molecular flexibility index (Phi) is 9.53. The topological polar surface area (TPSA) is 86.8 Å². The lowest BCUT2D eigenvalue weighted by Gasteiger charge is -2.32. The number of carbonyl (C=O) groups excluding carboxylic acids is 2. The summed E-state index contributed by atoms with van der Waals surface area (Å²) in [5, 5.41) is 3.39. The van der Waals surface area contributed by atoms with Crippen molar-refractivity contribution >= 4 is 39.1 Å². The van der Waals surface area contributed by atoms with Crippen molar-refractivity contribution in [1.82, 2.24) is 10.2 Å². The van der Waals surface area contributed by atoms with Crippen LogP contribution in [0.1, 0.15) is 43.9 Å². The second kappa shape index (κ2) is 11.7. The maximum atomic E-state index is 13.6. The quantitative estimate of drug-likeness (QED) is 0.525. The summed E-state index contributed by atoms with van der Waals surface area (Å²) in [7, 11) is -3.79. The minimum atomic E-state index is -3.79. The zero-order valence-electron chi connectivity index (χ0n) is 20.6. The molecular weight excluding hydrogens is 474 g/mol. The minimum absolute atomic E-state index is 0.0467. The molecule has 0 saturated heterocycles. The Bertz CT molecular complexity index is 1140. The van der Waals surface area contributed by atoms with Crippen LogP contribution in [-0.2, 0) is 26.2 Å². The summed E-state index contributed by atoms with van der Waals surface area (Å²) < 4.78 is 26.4. The average molecular weight is 508 g/mol. The van der Waals surface area contributed by atoms with Gasteiger partial charge < -0.3 is 10.2 Å². The summed E-state index contributed by atoms with van der Waals surface area (Å²) >= 11 is 6.04. The maximum Gasteiger partial charge on any atom is 0.244 e. The molecule has 2 aromatic carbocycles. The smallest absolute Gasteiger partial charge is 0.244 e. The van der Waals surface area contributed by atoms with Crippen LogP contribution in [0.25, 0.3) is 0 Å². The summed E-state index contributed by atoms with van der Waals surface area (Å²) in [6.45, 7) is 8.92. The third kappa shape index (κ3) is 7.21. The van der Waals surface area contributed by atoms with Gasteiger partial charge in [-0.05, 0) is 69.0 Å². The molecule has 0 aliphatic carbocycles. The molecular formula is C25H34ClN3O4S. The highest BCUT2D eigenvalue weighted by atomic mass is 35.5. The van der Waals surface area contributed by atoms with E-state index >= 15 is 0 Å². The molecule has 9 heteroatoms. The van der Waals surface area contributed by atoms with E-state index in [-0.39, 0.29) is 18.5 Å². The van der Waals surface area contributed by atoms with Gasteiger partial charge in [-0.3, -0.25) is 13.9 Å². The van der Waals surface area contributed by atoms with E-state index in [0.29, 0.717) is 16.3 Å². The fraction of sp³-hybridized carbons (Fsp3) is 0.440. The molecule has 0 spiro atoms. The largest absolute Gasteiger partial charge is 0.352 e. The van der Waals surface area contributed by atoms with Crippen LogP contribution in [0.3, 0.4) is 0 Å². The molecule has 0 aliphatic rings. The van der Waals surface area contributed by atoms with E-state index in [0.717, 1.165) is 28.1 Å². The first-order valence-corrected chi connectivity index (χ1v) is 13.5. The number of halogens is 1. The van der Waals surface area contributed by atoms with E-state index in [9.17, 15) is 18.0 Å². The number of nitrogens with one attached hydrogen (secondary N) is 1. The van der Waals surface area contributed by atoms with Gasteiger partial charge in [-0.15, -0.1) is 0 Å². The summed E-state index contributed by atoms with van der Waals surface area (Å²) in [6, 6.07) is 11.6. The number of benzene rings is 2. The molecule has 0 unspecified atom stereocenters. The Morgan fingerprint density at radius 1 is 1.06 bits per heavy atom. The van der Waals surface area contributed by atoms with Gasteiger partial charge in [0.05, 0.1) is 11.9 Å². The zero-order valence-corrected chi connectivity index (χ0v) is 22.2. The Labute approximate surface area is 208 Å². The molecule has 7 nitrogen and oxygen atoms in total. The highest BCUT2D eigenvalue weighted by Crippen LogP contribution is 2.26. The number of amides is 2. The molecule has 0 bridgehead atoms. The Morgan fingerprint density at radius 3 is 2.26 bits per heavy atom. The van der Waals surface area contributed by atoms with Crippen LogP contribution < -0.4 is 9.62 Å². The van der Waals surface area contributed by atoms with Crippen LogP contribution >= 0.6 is 11.6 Å². The first-order valence-electron chi connectivity index (χ1n) is 11.2. The van der Waals surface area contributed by atoms with Crippen LogP contribution in [0.15, 0.2) is 42.5 Å². The Hall–Kier alpha value is -2.58. The SMILES string of the molecule is CC[C@H](C)NC(=O)[C@@H](C)N(Cc1ccccc1C)C(=O)CN(c1ccc(Cl)cc1C)S(C)(=O)=O. The predicted octanol–water partition coefficient (Wildman–Crippen LogP) is 4.05. The van der Waals surface area contributed by atoms with E-state index in [2.05, 4.69) is 5.32 Å². The van der Waals surface area contributed by atoms with Gasteiger partial charge in [-0.25, -0.2) is 8.42 Å². The number of rotatable bonds is 10. The van der Waals surface area contributed by atoms with Gasteiger partial charge in [0.25, 0.3) is 0 Å². The Balaban J connectivity index is 2.43. The van der Waals surface area contributed by atoms with E-state index in [1.54, 1.807) is 32.0 Å². The third-order valence-electron chi connectivity index (χ3n) is 5.88. The Morgan fingerprint density at radius 2 is 1.71 bits per heavy atom. The summed E-state index contributed by atoms with van der Waals surface area (Å²) in [4.78, 5) is 27.9. The van der Waals surface area contributed by atoms with Gasteiger partial charge in [-0.1, -0.05) is 42.8 Å². The lowest BCUT2D eigenvalue weighted by atomic mass is 10.1. The number of hydrogen-bond acceptors (Lipinski definition) is 4. The number of anilines is 1. The molecule has 0 aliphatic heterocycles. The van der Waals surface area contributed by atoms with Gasteiger partial charge in [0, 0.05) is 17.6 Å². The first-order chi connectivity index (χ1) is 15.8. The van der Waals surface area contributed by atoms with E-state index in [4.69, 9.17) is 11.6 Å². The lowest BCUT2D eigenvalue weighted by Crippen LogP contribution is -2.52. The summed E-state index contributed by atoms with van der Waals surface area (Å²) in [6.07, 6.45) is 1.81. The molecule has 186 valence electrons. The van der Waals surface area contributed by atoms with Crippen molar-refractivity contribution in [3.63, 3.8) is 0 Å². The molecule has 0 heterocycles. The van der Waals surface area contributed by atoms with Crippen LogP contribution in [0.4, 0.5) is 5.69 Å². The van der Waals surface area contributed by atoms with Gasteiger partial charge in [0.1, 0.15) is 12.6 Å². The highest BCUT2D eigenvalue weighted by molar-refractivity contribution is 7.92. The second-order valence-corrected chi connectivity index (χ2v) is 11.0. The molecule has 0 fully saturated rings. The number of sulfonamides is 1. The normalized spacial score (nSPS) is 13.1. The van der Waals surface area contributed by atoms with Crippen LogP contribution in [0, 0.1) is 13.8 Å². The zero-order chi connectivity index (χ0) is 25.6. The van der Waals surface area contributed by atoms with Gasteiger partial charge in [-0.2, -0.15) is 0 Å². The molecule has 2 aromatic rings. The third-order valence-corrected chi connectivity index (χ3v) is 7.24. The molecule has 1 N–H and O–H groups in total. The van der Waals surface area contributed by atoms with E-state index in [1.807, 2.05) is 45.0 Å². The molecule has 2 amide bonds. The minimum Gasteiger partial charge on any atom is -0.352 e. The molecule has 2 atom stereocenters. The first kappa shape index (κ1) is 27.7. The van der Waals surface area contributed by atoms with E-state index < -0.39 is 28.5 Å². The summed E-state index contributed by atoms with van der Waals surface area (Å²) in [5.74, 6) is -0.764. The average Bonchev–Trinajstić information content (AvgIpc) is 2.76. The molecule has 34 heavy (non-hydrogen) atoms. The van der Waals surface area contributed by atoms with Crippen molar-refractivity contribution in [3.05, 3.63) is 64.2 Å². The number of carbonyl (C=O) groups is 2. The van der Waals surface area contributed by atoms with Crippen molar-refractivity contribution in [2.45, 2.75) is 59.7 Å². The monoisotopic (exact) mass is 507 g/mol.